The van der Waals surface area contributed by atoms with Crippen molar-refractivity contribution in [2.45, 2.75) is 26.2 Å². The topological polar surface area (TPSA) is 70.5 Å². The summed E-state index contributed by atoms with van der Waals surface area (Å²) in [5, 5.41) is 9.14. The fraction of sp³-hybridized carbons (Fsp3) is 0.350. The van der Waals surface area contributed by atoms with Crippen LogP contribution in [-0.4, -0.2) is 40.0 Å². The third-order valence-corrected chi connectivity index (χ3v) is 4.72. The van der Waals surface area contributed by atoms with Crippen molar-refractivity contribution in [2.75, 3.05) is 13.1 Å². The van der Waals surface area contributed by atoms with Gasteiger partial charge in [0.25, 0.3) is 0 Å². The van der Waals surface area contributed by atoms with Crippen molar-refractivity contribution in [3.05, 3.63) is 53.7 Å². The summed E-state index contributed by atoms with van der Waals surface area (Å²) >= 11 is 0. The molecule has 3 rings (SSSR count). The number of carbonyl (C=O) groups is 2. The van der Waals surface area contributed by atoms with Crippen molar-refractivity contribution in [1.82, 2.24) is 9.88 Å². The smallest absolute Gasteiger partial charge is 0.335 e. The van der Waals surface area contributed by atoms with Gasteiger partial charge in [-0.1, -0.05) is 12.1 Å². The van der Waals surface area contributed by atoms with Gasteiger partial charge in [0.2, 0.25) is 5.91 Å². The molecule has 0 saturated carbocycles. The standard InChI is InChI=1S/C20H22N2O3/c1-14(23)22-9-3-4-16(13-22)10-15-7-8-21-19(11-15)17-5-2-6-18(12-17)20(24)25/h2,5-8,11-12,16H,3-4,9-10,13H2,1H3,(H,24,25). The van der Waals surface area contributed by atoms with Crippen LogP contribution in [0.15, 0.2) is 42.6 Å². The van der Waals surface area contributed by atoms with Gasteiger partial charge in [-0.3, -0.25) is 9.78 Å². The van der Waals surface area contributed by atoms with E-state index in [0.717, 1.165) is 43.6 Å². The molecule has 5 heteroatoms. The molecule has 1 aromatic heterocycles. The molecule has 0 radical (unpaired) electrons. The first-order valence-corrected chi connectivity index (χ1v) is 8.57. The molecule has 1 N–H and O–H groups in total. The molecule has 1 saturated heterocycles. The van der Waals surface area contributed by atoms with Crippen molar-refractivity contribution in [3.8, 4) is 11.3 Å². The average molecular weight is 338 g/mol. The summed E-state index contributed by atoms with van der Waals surface area (Å²) in [6.07, 6.45) is 4.83. The molecule has 1 aromatic carbocycles. The van der Waals surface area contributed by atoms with Gasteiger partial charge < -0.3 is 10.0 Å². The molecule has 1 fully saturated rings. The lowest BCUT2D eigenvalue weighted by Crippen LogP contribution is -2.39. The van der Waals surface area contributed by atoms with Crippen LogP contribution >= 0.6 is 0 Å². The molecule has 130 valence electrons. The van der Waals surface area contributed by atoms with Crippen LogP contribution < -0.4 is 0 Å². The number of amides is 1. The van der Waals surface area contributed by atoms with E-state index in [1.54, 1.807) is 31.3 Å². The largest absolute Gasteiger partial charge is 0.478 e. The van der Waals surface area contributed by atoms with Crippen molar-refractivity contribution in [1.29, 1.82) is 0 Å². The summed E-state index contributed by atoms with van der Waals surface area (Å²) in [6, 6.07) is 10.8. The van der Waals surface area contributed by atoms with E-state index in [9.17, 15) is 9.59 Å². The zero-order valence-electron chi connectivity index (χ0n) is 14.3. The minimum Gasteiger partial charge on any atom is -0.478 e. The van der Waals surface area contributed by atoms with Crippen LogP contribution in [0, 0.1) is 5.92 Å². The Kier molecular flexibility index (Phi) is 5.12. The number of piperidine rings is 1. The molecule has 0 aliphatic carbocycles. The highest BCUT2D eigenvalue weighted by molar-refractivity contribution is 5.89. The Hall–Kier alpha value is -2.69. The van der Waals surface area contributed by atoms with Crippen molar-refractivity contribution in [2.24, 2.45) is 5.92 Å². The molecule has 1 aliphatic rings. The minimum atomic E-state index is -0.940. The Balaban J connectivity index is 1.77. The number of rotatable bonds is 4. The first kappa shape index (κ1) is 17.1. The van der Waals surface area contributed by atoms with Crippen molar-refractivity contribution < 1.29 is 14.7 Å². The van der Waals surface area contributed by atoms with E-state index in [4.69, 9.17) is 5.11 Å². The van der Waals surface area contributed by atoms with Gasteiger partial charge in [-0.15, -0.1) is 0 Å². The van der Waals surface area contributed by atoms with E-state index < -0.39 is 5.97 Å². The second-order valence-corrected chi connectivity index (χ2v) is 6.61. The van der Waals surface area contributed by atoms with E-state index in [1.807, 2.05) is 23.1 Å². The van der Waals surface area contributed by atoms with Crippen molar-refractivity contribution >= 4 is 11.9 Å². The lowest BCUT2D eigenvalue weighted by atomic mass is 9.91. The number of hydrogen-bond donors (Lipinski definition) is 1. The molecule has 5 nitrogen and oxygen atoms in total. The third kappa shape index (κ3) is 4.24. The number of benzene rings is 1. The lowest BCUT2D eigenvalue weighted by Gasteiger charge is -2.32. The van der Waals surface area contributed by atoms with E-state index in [0.29, 0.717) is 5.92 Å². The number of carbonyl (C=O) groups excluding carboxylic acids is 1. The summed E-state index contributed by atoms with van der Waals surface area (Å²) in [6.45, 7) is 3.29. The number of aromatic nitrogens is 1. The molecule has 1 amide bonds. The van der Waals surface area contributed by atoms with Crippen LogP contribution in [0.1, 0.15) is 35.7 Å². The van der Waals surface area contributed by atoms with Crippen LogP contribution in [-0.2, 0) is 11.2 Å². The number of carboxylic acids is 1. The number of carboxylic acid groups (broad SMARTS) is 1. The van der Waals surface area contributed by atoms with E-state index in [2.05, 4.69) is 4.98 Å². The molecule has 1 atom stereocenters. The Morgan fingerprint density at radius 1 is 1.28 bits per heavy atom. The molecule has 1 unspecified atom stereocenters. The summed E-state index contributed by atoms with van der Waals surface area (Å²) in [7, 11) is 0. The van der Waals surface area contributed by atoms with E-state index in [-0.39, 0.29) is 11.5 Å². The monoisotopic (exact) mass is 338 g/mol. The first-order valence-electron chi connectivity index (χ1n) is 8.57. The molecule has 1 aliphatic heterocycles. The zero-order valence-corrected chi connectivity index (χ0v) is 14.3. The lowest BCUT2D eigenvalue weighted by molar-refractivity contribution is -0.130. The predicted molar refractivity (Wildman–Crippen MR) is 95.3 cm³/mol. The van der Waals surface area contributed by atoms with Gasteiger partial charge in [0.15, 0.2) is 0 Å². The third-order valence-electron chi connectivity index (χ3n) is 4.72. The van der Waals surface area contributed by atoms with Gasteiger partial charge in [0, 0.05) is 31.8 Å². The maximum atomic E-state index is 11.6. The molecular formula is C20H22N2O3. The fourth-order valence-corrected chi connectivity index (χ4v) is 3.42. The Morgan fingerprint density at radius 2 is 2.12 bits per heavy atom. The van der Waals surface area contributed by atoms with Gasteiger partial charge in [-0.25, -0.2) is 4.79 Å². The van der Waals surface area contributed by atoms with Gasteiger partial charge in [0.05, 0.1) is 11.3 Å². The van der Waals surface area contributed by atoms with Gasteiger partial charge in [0.1, 0.15) is 0 Å². The molecule has 0 bridgehead atoms. The molecule has 25 heavy (non-hydrogen) atoms. The maximum Gasteiger partial charge on any atom is 0.335 e. The van der Waals surface area contributed by atoms with Gasteiger partial charge >= 0.3 is 5.97 Å². The number of aromatic carboxylic acids is 1. The number of likely N-dealkylation sites (tertiary alicyclic amines) is 1. The predicted octanol–water partition coefficient (Wildman–Crippen LogP) is 3.25. The highest BCUT2D eigenvalue weighted by atomic mass is 16.4. The highest BCUT2D eigenvalue weighted by Gasteiger charge is 2.21. The Bertz CT molecular complexity index is 788. The first-order chi connectivity index (χ1) is 12.0. The minimum absolute atomic E-state index is 0.144. The fourth-order valence-electron chi connectivity index (χ4n) is 3.42. The van der Waals surface area contributed by atoms with Crippen molar-refractivity contribution in [3.63, 3.8) is 0 Å². The molecule has 0 spiro atoms. The molecule has 2 aromatic rings. The van der Waals surface area contributed by atoms with Gasteiger partial charge in [-0.05, 0) is 55.0 Å². The Labute approximate surface area is 147 Å². The Morgan fingerprint density at radius 3 is 2.88 bits per heavy atom. The SMILES string of the molecule is CC(=O)N1CCCC(Cc2ccnc(-c3cccc(C(=O)O)c3)c2)C1. The van der Waals surface area contributed by atoms with Crippen LogP contribution in [0.25, 0.3) is 11.3 Å². The van der Waals surface area contributed by atoms with E-state index >= 15 is 0 Å². The molecular weight excluding hydrogens is 316 g/mol. The normalized spacial score (nSPS) is 17.3. The second-order valence-electron chi connectivity index (χ2n) is 6.61. The summed E-state index contributed by atoms with van der Waals surface area (Å²) in [5.74, 6) is -0.339. The van der Waals surface area contributed by atoms with Crippen LogP contribution in [0.5, 0.6) is 0 Å². The maximum absolute atomic E-state index is 11.6. The number of nitrogens with zero attached hydrogens (tertiary/aromatic N) is 2. The summed E-state index contributed by atoms with van der Waals surface area (Å²) < 4.78 is 0. The summed E-state index contributed by atoms with van der Waals surface area (Å²) in [5.41, 5.74) is 3.01. The summed E-state index contributed by atoms with van der Waals surface area (Å²) in [4.78, 5) is 29.1. The van der Waals surface area contributed by atoms with Gasteiger partial charge in [-0.2, -0.15) is 0 Å². The number of pyridine rings is 1. The number of hydrogen-bond acceptors (Lipinski definition) is 3. The van der Waals surface area contributed by atoms with E-state index in [1.165, 1.54) is 5.56 Å². The van der Waals surface area contributed by atoms with Crippen LogP contribution in [0.3, 0.4) is 0 Å². The molecule has 2 heterocycles. The quantitative estimate of drug-likeness (QED) is 0.929. The zero-order chi connectivity index (χ0) is 17.8. The average Bonchev–Trinajstić information content (AvgIpc) is 2.62. The second kappa shape index (κ2) is 7.47. The van der Waals surface area contributed by atoms with Crippen LogP contribution in [0.2, 0.25) is 0 Å². The van der Waals surface area contributed by atoms with Crippen LogP contribution in [0.4, 0.5) is 0 Å². The highest BCUT2D eigenvalue weighted by Crippen LogP contribution is 2.24.